The zero-order valence-corrected chi connectivity index (χ0v) is 12.1. The van der Waals surface area contributed by atoms with Crippen molar-refractivity contribution in [2.24, 2.45) is 0 Å². The van der Waals surface area contributed by atoms with E-state index in [4.69, 9.17) is 22.9 Å². The van der Waals surface area contributed by atoms with Gasteiger partial charge in [0.25, 0.3) is 0 Å². The topological polar surface area (TPSA) is 71.4 Å². The first-order valence-corrected chi connectivity index (χ1v) is 8.02. The van der Waals surface area contributed by atoms with E-state index in [1.165, 1.54) is 11.6 Å². The minimum Gasteiger partial charge on any atom is -0.268 e. The van der Waals surface area contributed by atoms with Gasteiger partial charge in [0, 0.05) is 5.97 Å². The molecule has 0 aromatic rings. The van der Waals surface area contributed by atoms with Crippen LogP contribution in [0.1, 0.15) is 0 Å². The van der Waals surface area contributed by atoms with Crippen molar-refractivity contribution in [3.8, 4) is 18.1 Å². The third-order valence-electron chi connectivity index (χ3n) is 2.06. The standard InChI is InChI=1S/C7H9B4N3S3/c1-9(17-11(6-14)15-2)5-10(16-8)7(3-12)4-13/h7H,5H2,1-2H3. The first-order chi connectivity index (χ1) is 8.12. The van der Waals surface area contributed by atoms with Crippen LogP contribution in [-0.4, -0.2) is 30.6 Å². The number of hydrogen-bond donors (Lipinski definition) is 0. The van der Waals surface area contributed by atoms with Crippen LogP contribution in [0.3, 0.4) is 0 Å². The maximum Gasteiger partial charge on any atom is 0.385 e. The van der Waals surface area contributed by atoms with Crippen molar-refractivity contribution >= 4 is 58.9 Å². The summed E-state index contributed by atoms with van der Waals surface area (Å²) in [7, 11) is 5.50. The van der Waals surface area contributed by atoms with Gasteiger partial charge in [0.1, 0.15) is 12.9 Å². The summed E-state index contributed by atoms with van der Waals surface area (Å²) in [5.74, 6) is 1.49. The molecule has 0 saturated heterocycles. The van der Waals surface area contributed by atoms with E-state index >= 15 is 0 Å². The van der Waals surface area contributed by atoms with Crippen LogP contribution in [0, 0.1) is 33.9 Å². The van der Waals surface area contributed by atoms with Crippen LogP contribution >= 0.6 is 34.5 Å². The number of nitrogens with zero attached hydrogens (tertiary/aromatic N) is 3. The van der Waals surface area contributed by atoms with E-state index in [1.54, 1.807) is 11.5 Å². The molecule has 2 radical (unpaired) electrons. The minimum absolute atomic E-state index is 0.115. The normalized spacial score (nSPS) is 8.94. The SMILES string of the molecule is [B]SB(CB(C)SB(C#N)SC)C(C#N)C#N. The number of hydrogen-bond acceptors (Lipinski definition) is 6. The van der Waals surface area contributed by atoms with E-state index in [-0.39, 0.29) is 17.3 Å². The number of nitriles is 3. The van der Waals surface area contributed by atoms with Gasteiger partial charge in [0.15, 0.2) is 5.99 Å². The summed E-state index contributed by atoms with van der Waals surface area (Å²) in [6, 6.07) is 3.90. The molecule has 0 fully saturated rings. The van der Waals surface area contributed by atoms with Gasteiger partial charge in [-0.05, 0) is 6.26 Å². The molecule has 0 N–H and O–H groups in total. The maximum absolute atomic E-state index is 8.84. The van der Waals surface area contributed by atoms with Gasteiger partial charge in [-0.1, -0.05) is 13.0 Å². The molecule has 0 spiro atoms. The Morgan fingerprint density at radius 3 is 2.24 bits per heavy atom. The fourth-order valence-corrected chi connectivity index (χ4v) is 3.92. The van der Waals surface area contributed by atoms with E-state index < -0.39 is 5.82 Å². The average Bonchev–Trinajstić information content (AvgIpc) is 2.35. The predicted octanol–water partition coefficient (Wildman–Crippen LogP) is 2.02. The van der Waals surface area contributed by atoms with Gasteiger partial charge < -0.3 is 0 Å². The molecular weight excluding hydrogens is 266 g/mol. The molecule has 0 aromatic carbocycles. The second-order valence-corrected chi connectivity index (χ2v) is 6.96. The van der Waals surface area contributed by atoms with Crippen molar-refractivity contribution in [3.63, 3.8) is 0 Å². The van der Waals surface area contributed by atoms with Crippen LogP contribution in [-0.2, 0) is 0 Å². The molecular formula is C7H9B4N3S3. The smallest absolute Gasteiger partial charge is 0.268 e. The minimum atomic E-state index is -0.692. The van der Waals surface area contributed by atoms with Crippen LogP contribution in [0.5, 0.6) is 0 Å². The molecule has 0 aliphatic rings. The van der Waals surface area contributed by atoms with Gasteiger partial charge in [0.2, 0.25) is 5.99 Å². The van der Waals surface area contributed by atoms with Crippen LogP contribution in [0.25, 0.3) is 0 Å². The Morgan fingerprint density at radius 2 is 1.88 bits per heavy atom. The highest BCUT2D eigenvalue weighted by atomic mass is 32.2. The summed E-state index contributed by atoms with van der Waals surface area (Å²) >= 11 is 4.08. The van der Waals surface area contributed by atoms with Crippen LogP contribution in [0.15, 0.2) is 0 Å². The molecule has 0 bridgehead atoms. The third kappa shape index (κ3) is 6.32. The maximum atomic E-state index is 8.84. The Balaban J connectivity index is 4.36. The zero-order chi connectivity index (χ0) is 13.3. The molecule has 82 valence electrons. The largest absolute Gasteiger partial charge is 0.385 e. The van der Waals surface area contributed by atoms with E-state index in [0.717, 1.165) is 11.5 Å². The average molecular weight is 275 g/mol. The molecule has 0 atom stereocenters. The Morgan fingerprint density at radius 1 is 1.29 bits per heavy atom. The summed E-state index contributed by atoms with van der Waals surface area (Å²) in [6.07, 6.45) is 2.53. The highest BCUT2D eigenvalue weighted by Crippen LogP contribution is 2.28. The van der Waals surface area contributed by atoms with Crippen LogP contribution < -0.4 is 0 Å². The lowest BCUT2D eigenvalue weighted by atomic mass is 9.48. The predicted molar refractivity (Wildman–Crippen MR) is 83.0 cm³/mol. The van der Waals surface area contributed by atoms with Crippen LogP contribution in [0.4, 0.5) is 0 Å². The van der Waals surface area contributed by atoms with Gasteiger partial charge in [-0.25, -0.2) is 16.7 Å². The fourth-order valence-electron chi connectivity index (χ4n) is 1.20. The molecule has 0 rings (SSSR count). The van der Waals surface area contributed by atoms with Crippen molar-refractivity contribution in [1.29, 1.82) is 15.8 Å². The Hall–Kier alpha value is -0.220. The summed E-state index contributed by atoms with van der Waals surface area (Å²) in [6.45, 7) is 1.99. The molecule has 0 aliphatic heterocycles. The zero-order valence-electron chi connectivity index (χ0n) is 9.66. The molecule has 0 saturated carbocycles. The van der Waals surface area contributed by atoms with Crippen molar-refractivity contribution in [3.05, 3.63) is 0 Å². The third-order valence-corrected chi connectivity index (χ3v) is 5.33. The van der Waals surface area contributed by atoms with Crippen molar-refractivity contribution in [2.75, 3.05) is 6.26 Å². The first-order valence-electron chi connectivity index (χ1n) is 4.85. The second kappa shape index (κ2) is 9.77. The number of rotatable bonds is 7. The summed E-state index contributed by atoms with van der Waals surface area (Å²) < 4.78 is 0. The van der Waals surface area contributed by atoms with Crippen molar-refractivity contribution in [2.45, 2.75) is 18.9 Å². The highest BCUT2D eigenvalue weighted by molar-refractivity contribution is 8.64. The Kier molecular flexibility index (Phi) is 9.65. The van der Waals surface area contributed by atoms with Gasteiger partial charge >= 0.3 is 5.27 Å². The molecule has 0 heterocycles. The molecule has 0 amide bonds. The lowest BCUT2D eigenvalue weighted by Crippen LogP contribution is -2.23. The second-order valence-electron chi connectivity index (χ2n) is 3.29. The van der Waals surface area contributed by atoms with E-state index in [1.807, 2.05) is 25.2 Å². The molecule has 17 heavy (non-hydrogen) atoms. The highest BCUT2D eigenvalue weighted by Gasteiger charge is 2.29. The van der Waals surface area contributed by atoms with E-state index in [9.17, 15) is 0 Å². The summed E-state index contributed by atoms with van der Waals surface area (Å²) in [4.78, 5) is 0. The molecule has 10 heteroatoms. The summed E-state index contributed by atoms with van der Waals surface area (Å²) in [5, 5.41) is 26.3. The monoisotopic (exact) mass is 275 g/mol. The van der Waals surface area contributed by atoms with E-state index in [2.05, 4.69) is 5.97 Å². The first kappa shape index (κ1) is 16.8. The molecule has 0 unspecified atom stereocenters. The van der Waals surface area contributed by atoms with Crippen molar-refractivity contribution < 1.29 is 0 Å². The van der Waals surface area contributed by atoms with Gasteiger partial charge in [-0.2, -0.15) is 22.1 Å². The quantitative estimate of drug-likeness (QED) is 0.661. The fraction of sp³-hybridized carbons (Fsp3) is 0.571. The molecule has 3 nitrogen and oxygen atoms in total. The van der Waals surface area contributed by atoms with Crippen LogP contribution in [0.2, 0.25) is 18.9 Å². The van der Waals surface area contributed by atoms with Gasteiger partial charge in [-0.3, -0.25) is 11.5 Å². The molecule has 0 aliphatic carbocycles. The Bertz CT molecular complexity index is 336. The summed E-state index contributed by atoms with van der Waals surface area (Å²) in [5.41, 5.74) is 0. The van der Waals surface area contributed by atoms with Crippen molar-refractivity contribution in [1.82, 2.24) is 0 Å². The van der Waals surface area contributed by atoms with E-state index in [0.29, 0.717) is 6.22 Å². The lowest BCUT2D eigenvalue weighted by Gasteiger charge is -2.15. The Labute approximate surface area is 118 Å². The molecule has 0 aromatic heterocycles. The van der Waals surface area contributed by atoms with Gasteiger partial charge in [0.05, 0.1) is 12.1 Å². The van der Waals surface area contributed by atoms with Gasteiger partial charge in [-0.15, -0.1) is 0 Å². The lowest BCUT2D eigenvalue weighted by molar-refractivity contribution is 1.30.